The van der Waals surface area contributed by atoms with E-state index >= 15 is 0 Å². The average Bonchev–Trinajstić information content (AvgIpc) is 3.26. The van der Waals surface area contributed by atoms with Crippen molar-refractivity contribution in [3.63, 3.8) is 0 Å². The monoisotopic (exact) mass is 486 g/mol. The normalized spacial score (nSPS) is 13.7. The Balaban J connectivity index is 0.00000117. The molecule has 0 spiro atoms. The molecule has 5 heteroatoms. The lowest BCUT2D eigenvalue weighted by Gasteiger charge is -2.18. The molecule has 0 unspecified atom stereocenters. The molecular formula is C31H22N2O2S. The smallest absolute Gasteiger partial charge is 0.273 e. The molecule has 3 heterocycles. The summed E-state index contributed by atoms with van der Waals surface area (Å²) < 4.78 is 0. The number of carbonyl (C=O) groups is 2. The zero-order chi connectivity index (χ0) is 24.8. The number of carbonyl (C=O) groups excluding carboxylic acids is 2. The van der Waals surface area contributed by atoms with E-state index < -0.39 is 0 Å². The molecule has 0 aliphatic carbocycles. The minimum Gasteiger partial charge on any atom is -0.273 e. The summed E-state index contributed by atoms with van der Waals surface area (Å²) in [6, 6.07) is 29.3. The van der Waals surface area contributed by atoms with E-state index in [2.05, 4.69) is 73.8 Å². The highest BCUT2D eigenvalue weighted by molar-refractivity contribution is 8.14. The molecule has 1 aliphatic heterocycles. The number of para-hydroxylation sites is 1. The molecule has 0 radical (unpaired) electrons. The molecule has 2 aromatic heterocycles. The van der Waals surface area contributed by atoms with Gasteiger partial charge in [-0.25, -0.2) is 4.98 Å². The Bertz CT molecular complexity index is 1700. The number of hydrogen-bond acceptors (Lipinski definition) is 4. The van der Waals surface area contributed by atoms with Gasteiger partial charge >= 0.3 is 0 Å². The average molecular weight is 487 g/mol. The van der Waals surface area contributed by atoms with Crippen molar-refractivity contribution in [2.75, 3.05) is 5.75 Å². The van der Waals surface area contributed by atoms with Crippen molar-refractivity contribution in [3.05, 3.63) is 104 Å². The fourth-order valence-corrected chi connectivity index (χ4v) is 5.80. The minimum absolute atomic E-state index is 0.129. The van der Waals surface area contributed by atoms with Crippen molar-refractivity contribution in [3.8, 4) is 22.3 Å². The Morgan fingerprint density at radius 2 is 1.56 bits per heavy atom. The lowest BCUT2D eigenvalue weighted by atomic mass is 9.89. The topological polar surface area (TPSA) is 50.3 Å². The van der Waals surface area contributed by atoms with E-state index in [1.165, 1.54) is 26.4 Å². The molecule has 174 valence electrons. The van der Waals surface area contributed by atoms with Crippen LogP contribution in [0.2, 0.25) is 0 Å². The number of rotatable bonds is 4. The number of benzene rings is 5. The van der Waals surface area contributed by atoms with Crippen LogP contribution in [0.3, 0.4) is 0 Å². The summed E-state index contributed by atoms with van der Waals surface area (Å²) in [4.78, 5) is 30.6. The number of pyridine rings is 2. The second-order valence-electron chi connectivity index (χ2n) is 8.70. The molecule has 4 bridgehead atoms. The molecule has 0 saturated carbocycles. The molecule has 0 N–H and O–H groups in total. The van der Waals surface area contributed by atoms with Crippen LogP contribution in [-0.2, 0) is 11.3 Å². The predicted molar refractivity (Wildman–Crippen MR) is 150 cm³/mol. The van der Waals surface area contributed by atoms with Gasteiger partial charge in [-0.2, -0.15) is 0 Å². The Kier molecular flexibility index (Phi) is 5.42. The van der Waals surface area contributed by atoms with Crippen LogP contribution < -0.4 is 0 Å². The lowest BCUT2D eigenvalue weighted by Crippen LogP contribution is -2.27. The van der Waals surface area contributed by atoms with Gasteiger partial charge in [-0.3, -0.25) is 14.5 Å². The van der Waals surface area contributed by atoms with Crippen LogP contribution in [0.4, 0.5) is 4.79 Å². The zero-order valence-electron chi connectivity index (χ0n) is 19.5. The first-order valence-electron chi connectivity index (χ1n) is 11.7. The van der Waals surface area contributed by atoms with E-state index in [4.69, 9.17) is 4.98 Å². The maximum Gasteiger partial charge on any atom is 0.289 e. The first-order valence-corrected chi connectivity index (χ1v) is 12.7. The third-order valence-electron chi connectivity index (χ3n) is 6.74. The molecule has 1 fully saturated rings. The summed E-state index contributed by atoms with van der Waals surface area (Å²) in [5, 5.41) is 4.78. The fraction of sp³-hybridized carbons (Fsp3) is 0.0645. The van der Waals surface area contributed by atoms with Gasteiger partial charge in [-0.15, -0.1) is 13.2 Å². The Labute approximate surface area is 212 Å². The number of hydrogen-bond donors (Lipinski definition) is 0. The van der Waals surface area contributed by atoms with Crippen LogP contribution in [0, 0.1) is 0 Å². The summed E-state index contributed by atoms with van der Waals surface area (Å²) in [5.41, 5.74) is 7.37. The van der Waals surface area contributed by atoms with E-state index in [9.17, 15) is 9.59 Å². The molecule has 5 aromatic carbocycles. The van der Waals surface area contributed by atoms with Crippen LogP contribution in [-0.4, -0.2) is 26.8 Å². The first kappa shape index (κ1) is 22.3. The van der Waals surface area contributed by atoms with Crippen LogP contribution in [0.15, 0.2) is 98.1 Å². The van der Waals surface area contributed by atoms with Crippen molar-refractivity contribution in [2.24, 2.45) is 0 Å². The lowest BCUT2D eigenvalue weighted by molar-refractivity contribution is -0.125. The van der Waals surface area contributed by atoms with Gasteiger partial charge in [0.05, 0.1) is 23.3 Å². The van der Waals surface area contributed by atoms with Crippen molar-refractivity contribution < 1.29 is 9.59 Å². The van der Waals surface area contributed by atoms with Gasteiger partial charge in [0, 0.05) is 21.5 Å². The van der Waals surface area contributed by atoms with Gasteiger partial charge in [0.25, 0.3) is 5.24 Å². The Morgan fingerprint density at radius 3 is 2.28 bits per heavy atom. The van der Waals surface area contributed by atoms with E-state index in [0.29, 0.717) is 0 Å². The van der Waals surface area contributed by atoms with Gasteiger partial charge in [-0.1, -0.05) is 84.6 Å². The largest absolute Gasteiger partial charge is 0.289 e. The molecule has 36 heavy (non-hydrogen) atoms. The maximum atomic E-state index is 12.2. The first-order chi connectivity index (χ1) is 17.7. The van der Waals surface area contributed by atoms with E-state index in [1.54, 1.807) is 0 Å². The standard InChI is InChI=1S/C29H18N2O2S.C2H4/c32-26-16-34-29(33)31(26)15-17-9-11-20(18-5-2-1-3-6-18)24(13-17)19-10-12-21-25(14-19)30-28-22-7-4-8-23(28)27(21)22;1-2/h1-14H,15-16H2;1-2H2. The fourth-order valence-electron chi connectivity index (χ4n) is 5.08. The van der Waals surface area contributed by atoms with Crippen molar-refractivity contribution in [2.45, 2.75) is 6.54 Å². The second kappa shape index (κ2) is 8.77. The molecule has 1 aliphatic rings. The van der Waals surface area contributed by atoms with E-state index in [-0.39, 0.29) is 23.4 Å². The Hall–Kier alpha value is -4.22. The van der Waals surface area contributed by atoms with Crippen molar-refractivity contribution in [1.29, 1.82) is 0 Å². The van der Waals surface area contributed by atoms with Crippen LogP contribution in [0.5, 0.6) is 0 Å². The highest BCUT2D eigenvalue weighted by Gasteiger charge is 2.30. The summed E-state index contributed by atoms with van der Waals surface area (Å²) in [7, 11) is 0. The second-order valence-corrected chi connectivity index (χ2v) is 9.63. The Morgan fingerprint density at radius 1 is 0.778 bits per heavy atom. The molecule has 4 nitrogen and oxygen atoms in total. The van der Waals surface area contributed by atoms with Gasteiger partial charge < -0.3 is 0 Å². The van der Waals surface area contributed by atoms with E-state index in [1.807, 2.05) is 24.3 Å². The predicted octanol–water partition coefficient (Wildman–Crippen LogP) is 7.75. The molecule has 2 amide bonds. The van der Waals surface area contributed by atoms with Crippen LogP contribution in [0.25, 0.3) is 54.8 Å². The molecule has 7 aromatic rings. The summed E-state index contributed by atoms with van der Waals surface area (Å²) in [5.74, 6) is 0.0959. The molecule has 8 rings (SSSR count). The SMILES string of the molecule is C=C.O=C1CSC(=O)N1Cc1ccc(-c2ccccc2)c(-c2ccc3c(c2)nc2c4cccc-2c43)c1. The van der Waals surface area contributed by atoms with Crippen LogP contribution in [0.1, 0.15) is 5.56 Å². The van der Waals surface area contributed by atoms with Crippen molar-refractivity contribution >= 4 is 55.5 Å². The number of amides is 2. The summed E-state index contributed by atoms with van der Waals surface area (Å²) >= 11 is 1.07. The third-order valence-corrected chi connectivity index (χ3v) is 7.59. The minimum atomic E-state index is -0.175. The molecular weight excluding hydrogens is 464 g/mol. The highest BCUT2D eigenvalue weighted by atomic mass is 32.2. The number of thioether (sulfide) groups is 1. The molecule has 1 saturated heterocycles. The van der Waals surface area contributed by atoms with Gasteiger partial charge in [0.1, 0.15) is 0 Å². The summed E-state index contributed by atoms with van der Waals surface area (Å²) in [6.07, 6.45) is 0. The summed E-state index contributed by atoms with van der Waals surface area (Å²) in [6.45, 7) is 6.29. The number of nitrogens with zero attached hydrogens (tertiary/aromatic N) is 2. The van der Waals surface area contributed by atoms with Crippen LogP contribution >= 0.6 is 11.8 Å². The quantitative estimate of drug-likeness (QED) is 0.145. The van der Waals surface area contributed by atoms with Gasteiger partial charge in [-0.05, 0) is 39.9 Å². The van der Waals surface area contributed by atoms with E-state index in [0.717, 1.165) is 50.6 Å². The van der Waals surface area contributed by atoms with Crippen molar-refractivity contribution in [1.82, 2.24) is 9.88 Å². The number of aromatic nitrogens is 1. The zero-order valence-corrected chi connectivity index (χ0v) is 20.3. The maximum absolute atomic E-state index is 12.2. The highest BCUT2D eigenvalue weighted by Crippen LogP contribution is 2.42. The van der Waals surface area contributed by atoms with Gasteiger partial charge in [0.15, 0.2) is 0 Å². The molecule has 0 atom stereocenters. The third kappa shape index (κ3) is 3.43. The number of imide groups is 1. The van der Waals surface area contributed by atoms with Gasteiger partial charge in [0.2, 0.25) is 5.91 Å².